The molecule has 0 aromatic heterocycles. The lowest BCUT2D eigenvalue weighted by molar-refractivity contribution is -0.134. The van der Waals surface area contributed by atoms with Crippen molar-refractivity contribution in [3.63, 3.8) is 0 Å². The van der Waals surface area contributed by atoms with Crippen LogP contribution in [-0.4, -0.2) is 35.8 Å². The van der Waals surface area contributed by atoms with Crippen molar-refractivity contribution < 1.29 is 9.59 Å². The molecule has 68 valence electrons. The third-order valence-corrected chi connectivity index (χ3v) is 1.90. The van der Waals surface area contributed by atoms with Crippen molar-refractivity contribution in [1.29, 1.82) is 0 Å². The minimum Gasteiger partial charge on any atom is -0.369 e. The van der Waals surface area contributed by atoms with Crippen LogP contribution in [0.3, 0.4) is 0 Å². The van der Waals surface area contributed by atoms with Crippen molar-refractivity contribution in [2.24, 2.45) is 11.5 Å². The van der Waals surface area contributed by atoms with Gasteiger partial charge in [0, 0.05) is 19.1 Å². The molecule has 0 aromatic rings. The lowest BCUT2D eigenvalue weighted by Gasteiger charge is -2.13. The standard InChI is InChI=1S/C7H13N3O2/c8-5-1-2-10(4-5)7(12)3-6(9)11/h5H,1-4,8H2,(H2,9,11)/t5-/m1/s1. The van der Waals surface area contributed by atoms with Gasteiger partial charge in [-0.05, 0) is 6.42 Å². The smallest absolute Gasteiger partial charge is 0.232 e. The molecule has 0 aromatic carbocycles. The van der Waals surface area contributed by atoms with Crippen molar-refractivity contribution in [3.8, 4) is 0 Å². The van der Waals surface area contributed by atoms with Gasteiger partial charge in [-0.1, -0.05) is 0 Å². The fourth-order valence-corrected chi connectivity index (χ4v) is 1.27. The summed E-state index contributed by atoms with van der Waals surface area (Å²) in [4.78, 5) is 23.1. The highest BCUT2D eigenvalue weighted by Gasteiger charge is 2.23. The number of hydrogen-bond acceptors (Lipinski definition) is 3. The van der Waals surface area contributed by atoms with Crippen molar-refractivity contribution in [2.75, 3.05) is 13.1 Å². The van der Waals surface area contributed by atoms with Gasteiger partial charge < -0.3 is 16.4 Å². The molecule has 0 spiro atoms. The Morgan fingerprint density at radius 2 is 2.17 bits per heavy atom. The number of rotatable bonds is 2. The van der Waals surface area contributed by atoms with Gasteiger partial charge in [-0.15, -0.1) is 0 Å². The molecular formula is C7H13N3O2. The summed E-state index contributed by atoms with van der Waals surface area (Å²) < 4.78 is 0. The SMILES string of the molecule is NC(=O)CC(=O)N1CC[C@@H](N)C1. The molecule has 5 nitrogen and oxygen atoms in total. The summed E-state index contributed by atoms with van der Waals surface area (Å²) in [5.74, 6) is -0.795. The molecule has 0 aliphatic carbocycles. The summed E-state index contributed by atoms with van der Waals surface area (Å²) in [5.41, 5.74) is 10.5. The number of amides is 2. The van der Waals surface area contributed by atoms with Gasteiger partial charge in [0.2, 0.25) is 11.8 Å². The third-order valence-electron chi connectivity index (χ3n) is 1.90. The molecule has 0 radical (unpaired) electrons. The maximum Gasteiger partial charge on any atom is 0.232 e. The molecule has 2 amide bonds. The average molecular weight is 171 g/mol. The molecule has 1 aliphatic heterocycles. The number of nitrogens with zero attached hydrogens (tertiary/aromatic N) is 1. The van der Waals surface area contributed by atoms with Crippen molar-refractivity contribution in [1.82, 2.24) is 4.90 Å². The van der Waals surface area contributed by atoms with Crippen LogP contribution in [0.5, 0.6) is 0 Å². The average Bonchev–Trinajstić information content (AvgIpc) is 2.34. The number of likely N-dealkylation sites (tertiary alicyclic amines) is 1. The fourth-order valence-electron chi connectivity index (χ4n) is 1.27. The summed E-state index contributed by atoms with van der Waals surface area (Å²) in [7, 11) is 0. The molecule has 12 heavy (non-hydrogen) atoms. The van der Waals surface area contributed by atoms with E-state index in [0.717, 1.165) is 6.42 Å². The third kappa shape index (κ3) is 2.20. The van der Waals surface area contributed by atoms with E-state index < -0.39 is 5.91 Å². The monoisotopic (exact) mass is 171 g/mol. The van der Waals surface area contributed by atoms with E-state index >= 15 is 0 Å². The molecule has 1 atom stereocenters. The van der Waals surface area contributed by atoms with Crippen molar-refractivity contribution in [3.05, 3.63) is 0 Å². The van der Waals surface area contributed by atoms with E-state index in [9.17, 15) is 9.59 Å². The van der Waals surface area contributed by atoms with Gasteiger partial charge in [0.05, 0.1) is 0 Å². The van der Waals surface area contributed by atoms with Crippen LogP contribution in [-0.2, 0) is 9.59 Å². The molecule has 5 heteroatoms. The van der Waals surface area contributed by atoms with E-state index in [2.05, 4.69) is 0 Å². The van der Waals surface area contributed by atoms with E-state index in [4.69, 9.17) is 11.5 Å². The summed E-state index contributed by atoms with van der Waals surface area (Å²) in [6.07, 6.45) is 0.608. The topological polar surface area (TPSA) is 89.4 Å². The molecule has 0 unspecified atom stereocenters. The summed E-state index contributed by atoms with van der Waals surface area (Å²) in [6.45, 7) is 1.19. The quantitative estimate of drug-likeness (QED) is 0.491. The Balaban J connectivity index is 2.38. The molecule has 1 rings (SSSR count). The Morgan fingerprint density at radius 1 is 1.50 bits per heavy atom. The van der Waals surface area contributed by atoms with E-state index in [1.807, 2.05) is 0 Å². The minimum atomic E-state index is -0.583. The molecule has 4 N–H and O–H groups in total. The molecule has 1 fully saturated rings. The number of carbonyl (C=O) groups excluding carboxylic acids is 2. The minimum absolute atomic E-state index is 0.0572. The normalized spacial score (nSPS) is 22.8. The van der Waals surface area contributed by atoms with Gasteiger partial charge in [0.1, 0.15) is 6.42 Å². The van der Waals surface area contributed by atoms with E-state index in [1.165, 1.54) is 0 Å². The molecule has 1 heterocycles. The Bertz CT molecular complexity index is 205. The van der Waals surface area contributed by atoms with Crippen LogP contribution in [0.4, 0.5) is 0 Å². The van der Waals surface area contributed by atoms with Crippen LogP contribution in [0, 0.1) is 0 Å². The number of hydrogen-bond donors (Lipinski definition) is 2. The van der Waals surface area contributed by atoms with Crippen molar-refractivity contribution in [2.45, 2.75) is 18.9 Å². The number of primary amides is 1. The van der Waals surface area contributed by atoms with Crippen molar-refractivity contribution >= 4 is 11.8 Å². The predicted molar refractivity (Wildman–Crippen MR) is 43.0 cm³/mol. The van der Waals surface area contributed by atoms with Gasteiger partial charge in [0.25, 0.3) is 0 Å². The zero-order valence-corrected chi connectivity index (χ0v) is 6.82. The maximum absolute atomic E-state index is 11.2. The second-order valence-electron chi connectivity index (χ2n) is 3.03. The number of nitrogens with two attached hydrogens (primary N) is 2. The highest BCUT2D eigenvalue weighted by molar-refractivity contribution is 5.96. The largest absolute Gasteiger partial charge is 0.369 e. The summed E-state index contributed by atoms with van der Waals surface area (Å²) in [5, 5.41) is 0. The van der Waals surface area contributed by atoms with Crippen LogP contribution < -0.4 is 11.5 Å². The maximum atomic E-state index is 11.2. The lowest BCUT2D eigenvalue weighted by Crippen LogP contribution is -2.34. The zero-order chi connectivity index (χ0) is 9.14. The van der Waals surface area contributed by atoms with E-state index in [-0.39, 0.29) is 18.4 Å². The van der Waals surface area contributed by atoms with E-state index in [1.54, 1.807) is 4.90 Å². The summed E-state index contributed by atoms with van der Waals surface area (Å²) in [6, 6.07) is 0.0572. The molecule has 0 bridgehead atoms. The van der Waals surface area contributed by atoms with Crippen LogP contribution in [0.2, 0.25) is 0 Å². The lowest BCUT2D eigenvalue weighted by atomic mass is 10.3. The Kier molecular flexibility index (Phi) is 2.65. The second-order valence-corrected chi connectivity index (χ2v) is 3.03. The van der Waals surface area contributed by atoms with Gasteiger partial charge in [-0.25, -0.2) is 0 Å². The Morgan fingerprint density at radius 3 is 2.58 bits per heavy atom. The van der Waals surface area contributed by atoms with Gasteiger partial charge in [-0.2, -0.15) is 0 Å². The Labute approximate surface area is 70.7 Å². The number of carbonyl (C=O) groups is 2. The predicted octanol–water partition coefficient (Wildman–Crippen LogP) is -1.58. The van der Waals surface area contributed by atoms with Crippen LogP contribution in [0.1, 0.15) is 12.8 Å². The second kappa shape index (κ2) is 3.53. The first kappa shape index (κ1) is 8.99. The highest BCUT2D eigenvalue weighted by atomic mass is 16.2. The molecular weight excluding hydrogens is 158 g/mol. The first-order valence-corrected chi connectivity index (χ1v) is 3.91. The van der Waals surface area contributed by atoms with Gasteiger partial charge in [-0.3, -0.25) is 9.59 Å². The zero-order valence-electron chi connectivity index (χ0n) is 6.82. The summed E-state index contributed by atoms with van der Waals surface area (Å²) >= 11 is 0. The van der Waals surface area contributed by atoms with Gasteiger partial charge >= 0.3 is 0 Å². The van der Waals surface area contributed by atoms with Crippen LogP contribution >= 0.6 is 0 Å². The van der Waals surface area contributed by atoms with Crippen LogP contribution in [0.25, 0.3) is 0 Å². The van der Waals surface area contributed by atoms with E-state index in [0.29, 0.717) is 13.1 Å². The fraction of sp³-hybridized carbons (Fsp3) is 0.714. The van der Waals surface area contributed by atoms with Crippen LogP contribution in [0.15, 0.2) is 0 Å². The highest BCUT2D eigenvalue weighted by Crippen LogP contribution is 2.07. The molecule has 1 saturated heterocycles. The van der Waals surface area contributed by atoms with Gasteiger partial charge in [0.15, 0.2) is 0 Å². The molecule has 1 aliphatic rings. The first-order valence-electron chi connectivity index (χ1n) is 3.91. The first-order chi connectivity index (χ1) is 5.59. The molecule has 0 saturated carbocycles. The Hall–Kier alpha value is -1.10.